The van der Waals surface area contributed by atoms with Crippen molar-refractivity contribution in [3.05, 3.63) is 0 Å². The number of ketones is 1. The van der Waals surface area contributed by atoms with Gasteiger partial charge in [-0.25, -0.2) is 0 Å². The summed E-state index contributed by atoms with van der Waals surface area (Å²) in [6.07, 6.45) is 4.56. The number of amides is 1. The minimum Gasteiger partial charge on any atom is -0.349 e. The maximum atomic E-state index is 11.8. The first-order valence-corrected chi connectivity index (χ1v) is 9.52. The van der Waals surface area contributed by atoms with Crippen LogP contribution in [0.15, 0.2) is 0 Å². The number of carbonyl (C=O) groups is 2. The van der Waals surface area contributed by atoms with Gasteiger partial charge in [0.1, 0.15) is 0 Å². The molecule has 0 radical (unpaired) electrons. The lowest BCUT2D eigenvalue weighted by molar-refractivity contribution is -0.126. The van der Waals surface area contributed by atoms with Gasteiger partial charge in [-0.05, 0) is 45.8 Å². The molecule has 0 heterocycles. The Morgan fingerprint density at radius 2 is 1.62 bits per heavy atom. The Hall–Kier alpha value is -0.940. The number of carbonyl (C=O) groups excluding carboxylic acids is 2. The van der Waals surface area contributed by atoms with E-state index in [0.29, 0.717) is 12.5 Å². The molecule has 1 amide bonds. The van der Waals surface area contributed by atoms with Crippen molar-refractivity contribution in [1.29, 1.82) is 0 Å². The molecule has 0 saturated carbocycles. The summed E-state index contributed by atoms with van der Waals surface area (Å²) in [6, 6.07) is 0.183. The van der Waals surface area contributed by atoms with Crippen molar-refractivity contribution in [2.24, 2.45) is 5.92 Å². The molecule has 0 saturated heterocycles. The van der Waals surface area contributed by atoms with E-state index in [4.69, 9.17) is 0 Å². The zero-order valence-electron chi connectivity index (χ0n) is 17.4. The Morgan fingerprint density at radius 1 is 1.04 bits per heavy atom. The van der Waals surface area contributed by atoms with E-state index >= 15 is 0 Å². The largest absolute Gasteiger partial charge is 0.349 e. The zero-order chi connectivity index (χ0) is 19.4. The van der Waals surface area contributed by atoms with E-state index in [0.717, 1.165) is 32.4 Å². The van der Waals surface area contributed by atoms with Gasteiger partial charge in [0.2, 0.25) is 6.41 Å². The molecule has 1 atom stereocenters. The molecule has 0 bridgehead atoms. The normalized spacial score (nSPS) is 11.1. The summed E-state index contributed by atoms with van der Waals surface area (Å²) >= 11 is 0. The van der Waals surface area contributed by atoms with Gasteiger partial charge in [-0.1, -0.05) is 48.5 Å². The van der Waals surface area contributed by atoms with Crippen molar-refractivity contribution in [1.82, 2.24) is 16.0 Å². The van der Waals surface area contributed by atoms with Crippen molar-refractivity contribution in [3.63, 3.8) is 0 Å². The Morgan fingerprint density at radius 3 is 1.96 bits per heavy atom. The van der Waals surface area contributed by atoms with Gasteiger partial charge in [0.05, 0.1) is 6.04 Å². The van der Waals surface area contributed by atoms with Gasteiger partial charge in [-0.15, -0.1) is 0 Å². The molecule has 0 rings (SSSR count). The summed E-state index contributed by atoms with van der Waals surface area (Å²) in [7, 11) is 1.96. The molecule has 5 nitrogen and oxygen atoms in total. The molecule has 1 unspecified atom stereocenters. The lowest BCUT2D eigenvalue weighted by atomic mass is 9.97. The monoisotopic (exact) mass is 345 g/mol. The maximum absolute atomic E-state index is 11.8. The number of unbranched alkanes of at least 4 members (excludes halogenated alkanes) is 1. The molecular weight excluding hydrogens is 302 g/mol. The van der Waals surface area contributed by atoms with Gasteiger partial charge in [0.25, 0.3) is 0 Å². The van der Waals surface area contributed by atoms with Crippen molar-refractivity contribution in [3.8, 4) is 0 Å². The van der Waals surface area contributed by atoms with E-state index in [1.54, 1.807) is 0 Å². The van der Waals surface area contributed by atoms with Gasteiger partial charge >= 0.3 is 0 Å². The summed E-state index contributed by atoms with van der Waals surface area (Å²) in [6.45, 7) is 16.2. The SMILES string of the molecule is CC.CC(C)NCCCCC(NC=O)C(=O)C(C)C.CCCNC. The molecule has 0 aliphatic heterocycles. The lowest BCUT2D eigenvalue weighted by Gasteiger charge is -2.17. The summed E-state index contributed by atoms with van der Waals surface area (Å²) in [5.74, 6) is 0.0927. The first-order chi connectivity index (χ1) is 11.4. The maximum Gasteiger partial charge on any atom is 0.207 e. The van der Waals surface area contributed by atoms with Gasteiger partial charge in [-0.2, -0.15) is 0 Å². The summed E-state index contributed by atoms with van der Waals surface area (Å²) < 4.78 is 0. The summed E-state index contributed by atoms with van der Waals surface area (Å²) in [5, 5.41) is 8.96. The fraction of sp³-hybridized carbons (Fsp3) is 0.895. The molecule has 0 aromatic heterocycles. The topological polar surface area (TPSA) is 70.2 Å². The molecular formula is C19H43N3O2. The highest BCUT2D eigenvalue weighted by molar-refractivity contribution is 5.87. The Balaban J connectivity index is -0.000000534. The van der Waals surface area contributed by atoms with E-state index in [-0.39, 0.29) is 17.7 Å². The molecule has 0 aliphatic carbocycles. The van der Waals surface area contributed by atoms with Gasteiger partial charge in [-0.3, -0.25) is 9.59 Å². The minimum absolute atomic E-state index is 0.0266. The van der Waals surface area contributed by atoms with Gasteiger partial charge in [0, 0.05) is 12.0 Å². The van der Waals surface area contributed by atoms with Crippen molar-refractivity contribution in [2.75, 3.05) is 20.1 Å². The van der Waals surface area contributed by atoms with Crippen molar-refractivity contribution in [2.45, 2.75) is 86.2 Å². The van der Waals surface area contributed by atoms with Crippen LogP contribution in [0, 0.1) is 5.92 Å². The lowest BCUT2D eigenvalue weighted by Crippen LogP contribution is -2.38. The predicted molar refractivity (Wildman–Crippen MR) is 105 cm³/mol. The molecule has 146 valence electrons. The van der Waals surface area contributed by atoms with Crippen LogP contribution < -0.4 is 16.0 Å². The average molecular weight is 346 g/mol. The van der Waals surface area contributed by atoms with Crippen LogP contribution in [0.5, 0.6) is 0 Å². The van der Waals surface area contributed by atoms with Crippen LogP contribution in [0.2, 0.25) is 0 Å². The molecule has 0 aromatic carbocycles. The zero-order valence-corrected chi connectivity index (χ0v) is 17.4. The molecule has 24 heavy (non-hydrogen) atoms. The number of Topliss-reactive ketones (excluding diaryl/α,β-unsaturated/α-hetero) is 1. The van der Waals surface area contributed by atoms with Crippen LogP contribution in [0.4, 0.5) is 0 Å². The Labute approximate surface area is 150 Å². The predicted octanol–water partition coefficient (Wildman–Crippen LogP) is 3.14. The third kappa shape index (κ3) is 21.1. The van der Waals surface area contributed by atoms with Crippen LogP contribution >= 0.6 is 0 Å². The third-order valence-electron chi connectivity index (χ3n) is 3.15. The second kappa shape index (κ2) is 22.1. The molecule has 3 N–H and O–H groups in total. The van der Waals surface area contributed by atoms with Crippen LogP contribution in [0.3, 0.4) is 0 Å². The van der Waals surface area contributed by atoms with E-state index in [9.17, 15) is 9.59 Å². The van der Waals surface area contributed by atoms with E-state index in [1.165, 1.54) is 6.42 Å². The molecule has 0 fully saturated rings. The number of rotatable bonds is 12. The third-order valence-corrected chi connectivity index (χ3v) is 3.15. The highest BCUT2D eigenvalue weighted by Gasteiger charge is 2.19. The fourth-order valence-corrected chi connectivity index (χ4v) is 1.91. The minimum atomic E-state index is -0.313. The van der Waals surface area contributed by atoms with Crippen molar-refractivity contribution < 1.29 is 9.59 Å². The first-order valence-electron chi connectivity index (χ1n) is 9.52. The molecule has 0 spiro atoms. The van der Waals surface area contributed by atoms with Gasteiger partial charge < -0.3 is 16.0 Å². The van der Waals surface area contributed by atoms with Crippen LogP contribution in [0.25, 0.3) is 0 Å². The molecule has 5 heteroatoms. The quantitative estimate of drug-likeness (QED) is 0.375. The van der Waals surface area contributed by atoms with Gasteiger partial charge in [0.15, 0.2) is 5.78 Å². The van der Waals surface area contributed by atoms with Crippen LogP contribution in [-0.4, -0.2) is 44.4 Å². The second-order valence-corrected chi connectivity index (χ2v) is 6.10. The van der Waals surface area contributed by atoms with E-state index in [2.05, 4.69) is 36.7 Å². The molecule has 0 aromatic rings. The molecule has 0 aliphatic rings. The van der Waals surface area contributed by atoms with E-state index in [1.807, 2.05) is 34.7 Å². The Bertz CT molecular complexity index is 267. The number of hydrogen-bond acceptors (Lipinski definition) is 4. The Kier molecular flexibility index (Phi) is 25.6. The standard InChI is InChI=1S/C13H26N2O2.C4H11N.C2H6/c1-10(2)13(17)12(15-9-16)7-5-6-8-14-11(3)4;1-3-4-5-2;1-2/h9-12,14H,5-8H2,1-4H3,(H,15,16);5H,3-4H2,1-2H3;1-2H3. The number of nitrogens with one attached hydrogen (secondary N) is 3. The first kappa shape index (κ1) is 27.9. The average Bonchev–Trinajstić information content (AvgIpc) is 2.55. The van der Waals surface area contributed by atoms with Crippen LogP contribution in [-0.2, 0) is 9.59 Å². The smallest absolute Gasteiger partial charge is 0.207 e. The fourth-order valence-electron chi connectivity index (χ4n) is 1.91. The van der Waals surface area contributed by atoms with Crippen molar-refractivity contribution >= 4 is 12.2 Å². The number of hydrogen-bond donors (Lipinski definition) is 3. The highest BCUT2D eigenvalue weighted by Crippen LogP contribution is 2.07. The summed E-state index contributed by atoms with van der Waals surface area (Å²) in [4.78, 5) is 22.2. The summed E-state index contributed by atoms with van der Waals surface area (Å²) in [5.41, 5.74) is 0. The highest BCUT2D eigenvalue weighted by atomic mass is 16.1. The second-order valence-electron chi connectivity index (χ2n) is 6.10. The van der Waals surface area contributed by atoms with E-state index < -0.39 is 0 Å². The van der Waals surface area contributed by atoms with Crippen LogP contribution in [0.1, 0.15) is 74.1 Å².